The van der Waals surface area contributed by atoms with Crippen molar-refractivity contribution in [3.63, 3.8) is 0 Å². The van der Waals surface area contributed by atoms with Crippen LogP contribution >= 0.6 is 23.2 Å². The second kappa shape index (κ2) is 7.06. The molecule has 0 unspecified atom stereocenters. The molecule has 1 N–H and O–H groups in total. The van der Waals surface area contributed by atoms with E-state index < -0.39 is 10.8 Å². The molecule has 5 nitrogen and oxygen atoms in total. The Hall–Kier alpha value is -2.37. The number of carbonyl (C=O) groups excluding carboxylic acids is 1. The van der Waals surface area contributed by atoms with Crippen LogP contribution in [0.5, 0.6) is 0 Å². The van der Waals surface area contributed by atoms with Crippen LogP contribution in [-0.2, 0) is 4.79 Å². The number of non-ortho nitro benzene ring substituents is 1. The lowest BCUT2D eigenvalue weighted by Gasteiger charge is -2.04. The second-order valence-electron chi connectivity index (χ2n) is 4.30. The quantitative estimate of drug-likeness (QED) is 0.505. The minimum Gasteiger partial charge on any atom is -0.321 e. The first kappa shape index (κ1) is 16.0. The van der Waals surface area contributed by atoms with Crippen LogP contribution in [0.1, 0.15) is 5.56 Å². The minimum atomic E-state index is -0.495. The number of nitro groups is 1. The van der Waals surface area contributed by atoms with Crippen molar-refractivity contribution in [2.75, 3.05) is 5.32 Å². The van der Waals surface area contributed by atoms with E-state index >= 15 is 0 Å². The van der Waals surface area contributed by atoms with Crippen molar-refractivity contribution in [1.82, 2.24) is 0 Å². The standard InChI is InChI=1S/C15H10Cl2N2O3/c16-11-5-6-14(13(17)9-11)18-15(20)7-4-10-2-1-3-12(8-10)19(21)22/h1-9H,(H,18,20). The lowest BCUT2D eigenvalue weighted by molar-refractivity contribution is -0.384. The number of rotatable bonds is 4. The van der Waals surface area contributed by atoms with Crippen molar-refractivity contribution in [1.29, 1.82) is 0 Å². The molecule has 0 aliphatic rings. The third-order valence-corrected chi connectivity index (χ3v) is 3.24. The molecule has 22 heavy (non-hydrogen) atoms. The first-order valence-corrected chi connectivity index (χ1v) is 6.90. The number of nitro benzene ring substituents is 1. The Morgan fingerprint density at radius 2 is 1.95 bits per heavy atom. The summed E-state index contributed by atoms with van der Waals surface area (Å²) in [5, 5.41) is 14.1. The first-order valence-electron chi connectivity index (χ1n) is 6.14. The summed E-state index contributed by atoms with van der Waals surface area (Å²) < 4.78 is 0. The molecule has 0 aromatic heterocycles. The third-order valence-electron chi connectivity index (χ3n) is 2.70. The molecule has 2 rings (SSSR count). The van der Waals surface area contributed by atoms with E-state index in [1.165, 1.54) is 30.4 Å². The normalized spacial score (nSPS) is 10.6. The van der Waals surface area contributed by atoms with Crippen LogP contribution in [0, 0.1) is 10.1 Å². The fraction of sp³-hybridized carbons (Fsp3) is 0. The molecule has 0 saturated carbocycles. The molecule has 0 bridgehead atoms. The highest BCUT2D eigenvalue weighted by molar-refractivity contribution is 6.36. The van der Waals surface area contributed by atoms with Gasteiger partial charge in [-0.1, -0.05) is 35.3 Å². The molecular formula is C15H10Cl2N2O3. The molecule has 0 atom stereocenters. The van der Waals surface area contributed by atoms with Gasteiger partial charge in [0.15, 0.2) is 0 Å². The van der Waals surface area contributed by atoms with Crippen molar-refractivity contribution < 1.29 is 9.72 Å². The molecule has 2 aromatic carbocycles. The highest BCUT2D eigenvalue weighted by Gasteiger charge is 2.05. The van der Waals surface area contributed by atoms with Crippen LogP contribution in [0.2, 0.25) is 10.0 Å². The van der Waals surface area contributed by atoms with E-state index in [0.717, 1.165) is 0 Å². The Morgan fingerprint density at radius 1 is 1.18 bits per heavy atom. The van der Waals surface area contributed by atoms with Crippen LogP contribution in [-0.4, -0.2) is 10.8 Å². The van der Waals surface area contributed by atoms with Gasteiger partial charge in [-0.2, -0.15) is 0 Å². The molecule has 0 fully saturated rings. The smallest absolute Gasteiger partial charge is 0.270 e. The topological polar surface area (TPSA) is 72.2 Å². The van der Waals surface area contributed by atoms with Gasteiger partial charge in [0.05, 0.1) is 15.6 Å². The van der Waals surface area contributed by atoms with E-state index in [4.69, 9.17) is 23.2 Å². The first-order chi connectivity index (χ1) is 10.5. The Labute approximate surface area is 136 Å². The van der Waals surface area contributed by atoms with Gasteiger partial charge in [-0.3, -0.25) is 14.9 Å². The molecule has 0 radical (unpaired) electrons. The van der Waals surface area contributed by atoms with E-state index in [9.17, 15) is 14.9 Å². The summed E-state index contributed by atoms with van der Waals surface area (Å²) in [6.45, 7) is 0. The summed E-state index contributed by atoms with van der Waals surface area (Å²) in [6.07, 6.45) is 2.75. The summed E-state index contributed by atoms with van der Waals surface area (Å²) in [5.41, 5.74) is 0.939. The number of nitrogens with zero attached hydrogens (tertiary/aromatic N) is 1. The zero-order valence-corrected chi connectivity index (χ0v) is 12.6. The minimum absolute atomic E-state index is 0.0386. The molecule has 0 aliphatic carbocycles. The van der Waals surface area contributed by atoms with E-state index in [-0.39, 0.29) is 5.69 Å². The average molecular weight is 337 g/mol. The molecule has 112 valence electrons. The zero-order chi connectivity index (χ0) is 16.1. The van der Waals surface area contributed by atoms with Crippen molar-refractivity contribution in [3.05, 3.63) is 74.3 Å². The average Bonchev–Trinajstić information content (AvgIpc) is 2.48. The lowest BCUT2D eigenvalue weighted by atomic mass is 10.2. The molecule has 0 saturated heterocycles. The van der Waals surface area contributed by atoms with E-state index in [1.807, 2.05) is 0 Å². The molecule has 0 aliphatic heterocycles. The van der Waals surface area contributed by atoms with Gasteiger partial charge in [-0.15, -0.1) is 0 Å². The maximum atomic E-state index is 11.8. The van der Waals surface area contributed by atoms with Crippen molar-refractivity contribution in [2.24, 2.45) is 0 Å². The number of nitrogens with one attached hydrogen (secondary N) is 1. The number of halogens is 2. The summed E-state index contributed by atoms with van der Waals surface area (Å²) in [5.74, 6) is -0.407. The van der Waals surface area contributed by atoms with Gasteiger partial charge in [-0.05, 0) is 29.8 Å². The third kappa shape index (κ3) is 4.31. The van der Waals surface area contributed by atoms with Gasteiger partial charge in [0.2, 0.25) is 5.91 Å². The number of hydrogen-bond acceptors (Lipinski definition) is 3. The van der Waals surface area contributed by atoms with Gasteiger partial charge in [0, 0.05) is 23.2 Å². The number of amides is 1. The van der Waals surface area contributed by atoms with Gasteiger partial charge < -0.3 is 5.32 Å². The summed E-state index contributed by atoms with van der Waals surface area (Å²) >= 11 is 11.7. The molecule has 1 amide bonds. The van der Waals surface area contributed by atoms with Gasteiger partial charge in [0.25, 0.3) is 5.69 Å². The van der Waals surface area contributed by atoms with Crippen LogP contribution in [0.15, 0.2) is 48.5 Å². The number of benzene rings is 2. The number of carbonyl (C=O) groups is 1. The predicted octanol–water partition coefficient (Wildman–Crippen LogP) is 4.55. The van der Waals surface area contributed by atoms with E-state index in [1.54, 1.807) is 24.3 Å². The molecular weight excluding hydrogens is 327 g/mol. The molecule has 7 heteroatoms. The van der Waals surface area contributed by atoms with Gasteiger partial charge in [0.1, 0.15) is 0 Å². The molecule has 0 heterocycles. The Bertz CT molecular complexity index is 760. The van der Waals surface area contributed by atoms with Crippen LogP contribution in [0.25, 0.3) is 6.08 Å². The second-order valence-corrected chi connectivity index (χ2v) is 5.14. The van der Waals surface area contributed by atoms with Crippen LogP contribution < -0.4 is 5.32 Å². The SMILES string of the molecule is O=C(C=Cc1cccc([N+](=O)[O-])c1)Nc1ccc(Cl)cc1Cl. The largest absolute Gasteiger partial charge is 0.321 e. The van der Waals surface area contributed by atoms with E-state index in [0.29, 0.717) is 21.3 Å². The fourth-order valence-corrected chi connectivity index (χ4v) is 2.13. The number of anilines is 1. The van der Waals surface area contributed by atoms with Crippen molar-refractivity contribution in [3.8, 4) is 0 Å². The fourth-order valence-electron chi connectivity index (χ4n) is 1.68. The molecule has 0 spiro atoms. The van der Waals surface area contributed by atoms with Crippen molar-refractivity contribution >= 4 is 46.6 Å². The summed E-state index contributed by atoms with van der Waals surface area (Å²) in [4.78, 5) is 22.0. The predicted molar refractivity (Wildman–Crippen MR) is 87.2 cm³/mol. The Morgan fingerprint density at radius 3 is 2.64 bits per heavy atom. The molecule has 2 aromatic rings. The number of hydrogen-bond donors (Lipinski definition) is 1. The lowest BCUT2D eigenvalue weighted by Crippen LogP contribution is -2.08. The van der Waals surface area contributed by atoms with Gasteiger partial charge >= 0.3 is 0 Å². The highest BCUT2D eigenvalue weighted by Crippen LogP contribution is 2.25. The Balaban J connectivity index is 2.08. The zero-order valence-electron chi connectivity index (χ0n) is 11.1. The van der Waals surface area contributed by atoms with Crippen LogP contribution in [0.4, 0.5) is 11.4 Å². The maximum Gasteiger partial charge on any atom is 0.270 e. The maximum absolute atomic E-state index is 11.8. The van der Waals surface area contributed by atoms with Crippen LogP contribution in [0.3, 0.4) is 0 Å². The highest BCUT2D eigenvalue weighted by atomic mass is 35.5. The van der Waals surface area contributed by atoms with Gasteiger partial charge in [-0.25, -0.2) is 0 Å². The van der Waals surface area contributed by atoms with E-state index in [2.05, 4.69) is 5.32 Å². The summed E-state index contributed by atoms with van der Waals surface area (Å²) in [6, 6.07) is 10.7. The Kier molecular flexibility index (Phi) is 5.14. The monoisotopic (exact) mass is 336 g/mol. The summed E-state index contributed by atoms with van der Waals surface area (Å²) in [7, 11) is 0. The van der Waals surface area contributed by atoms with Crippen molar-refractivity contribution in [2.45, 2.75) is 0 Å².